The predicted octanol–water partition coefficient (Wildman–Crippen LogP) is 3.78. The van der Waals surface area contributed by atoms with Gasteiger partial charge in [-0.2, -0.15) is 0 Å². The van der Waals surface area contributed by atoms with E-state index in [4.69, 9.17) is 4.74 Å². The summed E-state index contributed by atoms with van der Waals surface area (Å²) in [5.41, 5.74) is 1.02. The molecule has 1 amide bonds. The Bertz CT molecular complexity index is 681. The van der Waals surface area contributed by atoms with Crippen LogP contribution in [0.1, 0.15) is 32.4 Å². The number of ether oxygens (including phenoxy) is 1. The smallest absolute Gasteiger partial charge is 0.266 e. The Morgan fingerprint density at radius 3 is 2.80 bits per heavy atom. The lowest BCUT2D eigenvalue weighted by Crippen LogP contribution is -2.32. The molecule has 1 aliphatic heterocycles. The monoisotopic (exact) mass is 359 g/mol. The summed E-state index contributed by atoms with van der Waals surface area (Å²) in [5, 5.41) is 5.51. The summed E-state index contributed by atoms with van der Waals surface area (Å²) in [6, 6.07) is 9.36. The van der Waals surface area contributed by atoms with Gasteiger partial charge in [0.05, 0.1) is 5.69 Å². The third kappa shape index (κ3) is 5.28. The number of nitrogens with one attached hydrogen (secondary N) is 1. The molecule has 1 N–H and O–H groups in total. The average Bonchev–Trinajstić information content (AvgIpc) is 3.04. The van der Waals surface area contributed by atoms with Crippen molar-refractivity contribution in [2.24, 2.45) is 5.92 Å². The van der Waals surface area contributed by atoms with Crippen LogP contribution in [-0.2, 0) is 11.3 Å². The molecule has 1 unspecified atom stereocenters. The van der Waals surface area contributed by atoms with E-state index in [1.54, 1.807) is 6.92 Å². The number of para-hydroxylation sites is 1. The summed E-state index contributed by atoms with van der Waals surface area (Å²) in [6.07, 6.45) is 1.93. The Morgan fingerprint density at radius 1 is 1.36 bits per heavy atom. The van der Waals surface area contributed by atoms with Crippen molar-refractivity contribution in [1.82, 2.24) is 9.88 Å². The van der Waals surface area contributed by atoms with Crippen LogP contribution in [0.4, 0.5) is 5.13 Å². The second kappa shape index (κ2) is 8.45. The highest BCUT2D eigenvalue weighted by Crippen LogP contribution is 2.21. The van der Waals surface area contributed by atoms with Crippen molar-refractivity contribution in [3.63, 3.8) is 0 Å². The molecule has 1 fully saturated rings. The maximum atomic E-state index is 12.3. The summed E-state index contributed by atoms with van der Waals surface area (Å²) in [4.78, 5) is 19.2. The largest absolute Gasteiger partial charge is 0.481 e. The van der Waals surface area contributed by atoms with E-state index < -0.39 is 6.10 Å². The second-order valence-corrected chi connectivity index (χ2v) is 7.52. The molecule has 0 saturated carbocycles. The first-order chi connectivity index (χ1) is 12.1. The second-order valence-electron chi connectivity index (χ2n) is 6.67. The topological polar surface area (TPSA) is 54.5 Å². The van der Waals surface area contributed by atoms with Crippen LogP contribution in [0.25, 0.3) is 0 Å². The molecule has 0 aliphatic carbocycles. The number of likely N-dealkylation sites (tertiary alicyclic amines) is 1. The Kier molecular flexibility index (Phi) is 6.04. The Hall–Kier alpha value is -1.92. The number of benzene rings is 1. The Morgan fingerprint density at radius 2 is 2.08 bits per heavy atom. The number of thiazole rings is 1. The van der Waals surface area contributed by atoms with Crippen LogP contribution < -0.4 is 10.1 Å². The standard InChI is InChI=1S/C19H25N3O2S/c1-14-8-10-22(11-9-14)12-16-13-25-19(20-16)21-18(23)15(2)24-17-6-4-3-5-7-17/h3-7,13-15H,8-12H2,1-2H3,(H,20,21,23). The van der Waals surface area contributed by atoms with Crippen molar-refractivity contribution in [3.8, 4) is 5.75 Å². The van der Waals surface area contributed by atoms with Crippen molar-refractivity contribution in [2.75, 3.05) is 18.4 Å². The molecule has 1 aromatic heterocycles. The SMILES string of the molecule is CC1CCN(Cc2csc(NC(=O)C(C)Oc3ccccc3)n2)CC1. The molecule has 0 spiro atoms. The normalized spacial score (nSPS) is 17.2. The molecule has 1 aliphatic rings. The van der Waals surface area contributed by atoms with Crippen LogP contribution in [-0.4, -0.2) is 35.0 Å². The van der Waals surface area contributed by atoms with E-state index in [2.05, 4.69) is 22.1 Å². The Labute approximate surface area is 153 Å². The van der Waals surface area contributed by atoms with E-state index in [-0.39, 0.29) is 5.91 Å². The number of rotatable bonds is 6. The van der Waals surface area contributed by atoms with Gasteiger partial charge in [-0.05, 0) is 50.9 Å². The molecule has 3 rings (SSSR count). The lowest BCUT2D eigenvalue weighted by molar-refractivity contribution is -0.122. The summed E-state index contributed by atoms with van der Waals surface area (Å²) in [5.74, 6) is 1.33. The van der Waals surface area contributed by atoms with Gasteiger partial charge in [-0.1, -0.05) is 25.1 Å². The fourth-order valence-corrected chi connectivity index (χ4v) is 3.55. The van der Waals surface area contributed by atoms with Crippen molar-refractivity contribution in [2.45, 2.75) is 39.3 Å². The predicted molar refractivity (Wildman–Crippen MR) is 101 cm³/mol. The first-order valence-electron chi connectivity index (χ1n) is 8.79. The quantitative estimate of drug-likeness (QED) is 0.853. The van der Waals surface area contributed by atoms with Crippen molar-refractivity contribution >= 4 is 22.4 Å². The zero-order chi connectivity index (χ0) is 17.6. The van der Waals surface area contributed by atoms with E-state index in [9.17, 15) is 4.79 Å². The number of amides is 1. The van der Waals surface area contributed by atoms with Gasteiger partial charge in [-0.3, -0.25) is 15.0 Å². The number of piperidine rings is 1. The maximum Gasteiger partial charge on any atom is 0.266 e. The highest BCUT2D eigenvalue weighted by Gasteiger charge is 2.19. The number of nitrogens with zero attached hydrogens (tertiary/aromatic N) is 2. The van der Waals surface area contributed by atoms with Crippen LogP contribution in [0, 0.1) is 5.92 Å². The van der Waals surface area contributed by atoms with Gasteiger partial charge in [0, 0.05) is 11.9 Å². The molecule has 1 aromatic carbocycles. The molecule has 1 saturated heterocycles. The Balaban J connectivity index is 1.49. The van der Waals surface area contributed by atoms with E-state index in [1.807, 2.05) is 35.7 Å². The lowest BCUT2D eigenvalue weighted by atomic mass is 9.99. The van der Waals surface area contributed by atoms with Crippen LogP contribution in [0.5, 0.6) is 5.75 Å². The zero-order valence-corrected chi connectivity index (χ0v) is 15.6. The van der Waals surface area contributed by atoms with Gasteiger partial charge in [-0.15, -0.1) is 11.3 Å². The number of aromatic nitrogens is 1. The number of hydrogen-bond donors (Lipinski definition) is 1. The van der Waals surface area contributed by atoms with E-state index in [0.29, 0.717) is 10.9 Å². The molecule has 2 heterocycles. The molecule has 5 nitrogen and oxygen atoms in total. The highest BCUT2D eigenvalue weighted by atomic mass is 32.1. The minimum absolute atomic E-state index is 0.184. The van der Waals surface area contributed by atoms with Gasteiger partial charge in [0.25, 0.3) is 5.91 Å². The van der Waals surface area contributed by atoms with Gasteiger partial charge >= 0.3 is 0 Å². The van der Waals surface area contributed by atoms with Gasteiger partial charge in [-0.25, -0.2) is 4.98 Å². The first-order valence-corrected chi connectivity index (χ1v) is 9.67. The molecule has 6 heteroatoms. The van der Waals surface area contributed by atoms with Crippen LogP contribution in [0.2, 0.25) is 0 Å². The summed E-state index contributed by atoms with van der Waals surface area (Å²) in [7, 11) is 0. The van der Waals surface area contributed by atoms with Crippen LogP contribution in [0.15, 0.2) is 35.7 Å². The minimum Gasteiger partial charge on any atom is -0.481 e. The number of carbonyl (C=O) groups is 1. The molecule has 0 bridgehead atoms. The van der Waals surface area contributed by atoms with E-state index >= 15 is 0 Å². The molecule has 25 heavy (non-hydrogen) atoms. The molecular formula is C19H25N3O2S. The molecule has 134 valence electrons. The molecule has 2 aromatic rings. The van der Waals surface area contributed by atoms with Gasteiger partial charge < -0.3 is 4.74 Å². The maximum absolute atomic E-state index is 12.3. The number of hydrogen-bond acceptors (Lipinski definition) is 5. The molecule has 1 atom stereocenters. The average molecular weight is 359 g/mol. The third-order valence-electron chi connectivity index (χ3n) is 4.47. The van der Waals surface area contributed by atoms with Gasteiger partial charge in [0.1, 0.15) is 5.75 Å². The fraction of sp³-hybridized carbons (Fsp3) is 0.474. The van der Waals surface area contributed by atoms with Crippen molar-refractivity contribution < 1.29 is 9.53 Å². The summed E-state index contributed by atoms with van der Waals surface area (Å²) < 4.78 is 5.64. The van der Waals surface area contributed by atoms with Crippen LogP contribution >= 0.6 is 11.3 Å². The third-order valence-corrected chi connectivity index (χ3v) is 5.28. The van der Waals surface area contributed by atoms with Gasteiger partial charge in [0.2, 0.25) is 0 Å². The highest BCUT2D eigenvalue weighted by molar-refractivity contribution is 7.13. The zero-order valence-electron chi connectivity index (χ0n) is 14.8. The fourth-order valence-electron chi connectivity index (χ4n) is 2.85. The molecule has 0 radical (unpaired) electrons. The van der Waals surface area contributed by atoms with Crippen LogP contribution in [0.3, 0.4) is 0 Å². The number of anilines is 1. The van der Waals surface area contributed by atoms with Gasteiger partial charge in [0.15, 0.2) is 11.2 Å². The lowest BCUT2D eigenvalue weighted by Gasteiger charge is -2.29. The minimum atomic E-state index is -0.571. The van der Waals surface area contributed by atoms with E-state index in [0.717, 1.165) is 31.2 Å². The number of carbonyl (C=O) groups excluding carboxylic acids is 1. The molecular weight excluding hydrogens is 334 g/mol. The van der Waals surface area contributed by atoms with Crippen molar-refractivity contribution in [1.29, 1.82) is 0 Å². The summed E-state index contributed by atoms with van der Waals surface area (Å²) in [6.45, 7) is 7.16. The first kappa shape index (κ1) is 17.9. The van der Waals surface area contributed by atoms with Crippen molar-refractivity contribution in [3.05, 3.63) is 41.4 Å². The summed E-state index contributed by atoms with van der Waals surface area (Å²) >= 11 is 1.47. The van der Waals surface area contributed by atoms with E-state index in [1.165, 1.54) is 24.2 Å².